The Balaban J connectivity index is 1.50. The molecule has 1 aliphatic heterocycles. The van der Waals surface area contributed by atoms with E-state index in [0.29, 0.717) is 11.3 Å². The molecular weight excluding hydrogens is 474 g/mol. The van der Waals surface area contributed by atoms with Crippen LogP contribution >= 0.6 is 0 Å². The van der Waals surface area contributed by atoms with Crippen LogP contribution in [0.3, 0.4) is 0 Å². The molecule has 180 valence electrons. The predicted molar refractivity (Wildman–Crippen MR) is 116 cm³/mol. The molecule has 1 heterocycles. The lowest BCUT2D eigenvalue weighted by Gasteiger charge is -2.12. The van der Waals surface area contributed by atoms with Gasteiger partial charge in [-0.25, -0.2) is 4.39 Å². The second kappa shape index (κ2) is 9.41. The summed E-state index contributed by atoms with van der Waals surface area (Å²) in [6, 6.07) is 12.7. The number of non-ortho nitro benzene ring substituents is 1. The van der Waals surface area contributed by atoms with Gasteiger partial charge in [0.1, 0.15) is 17.3 Å². The number of carbonyl (C=O) groups is 1. The number of hydrogen-bond donors (Lipinski definition) is 1. The molecule has 0 radical (unpaired) electrons. The number of ether oxygens (including phenoxy) is 1. The Kier molecular flexibility index (Phi) is 6.36. The largest absolute Gasteiger partial charge is 0.457 e. The second-order valence-corrected chi connectivity index (χ2v) is 7.43. The Morgan fingerprint density at radius 3 is 2.51 bits per heavy atom. The Bertz CT molecular complexity index is 1310. The van der Waals surface area contributed by atoms with Gasteiger partial charge in [-0.3, -0.25) is 14.9 Å². The first kappa shape index (κ1) is 23.7. The highest BCUT2D eigenvalue weighted by molar-refractivity contribution is 6.06. The molecule has 0 fully saturated rings. The predicted octanol–water partition coefficient (Wildman–Crippen LogP) is 5.68. The first-order valence-corrected chi connectivity index (χ1v) is 10.0. The number of nitrogens with one attached hydrogen (secondary N) is 1. The first-order chi connectivity index (χ1) is 16.6. The minimum Gasteiger partial charge on any atom is -0.457 e. The molecule has 8 nitrogen and oxygen atoms in total. The van der Waals surface area contributed by atoms with Gasteiger partial charge in [0, 0.05) is 18.6 Å². The summed E-state index contributed by atoms with van der Waals surface area (Å²) < 4.78 is 57.4. The second-order valence-electron chi connectivity index (χ2n) is 7.43. The van der Waals surface area contributed by atoms with E-state index >= 15 is 0 Å². The molecule has 0 saturated carbocycles. The van der Waals surface area contributed by atoms with E-state index in [2.05, 4.69) is 10.5 Å². The normalized spacial score (nSPS) is 15.2. The lowest BCUT2D eigenvalue weighted by Crippen LogP contribution is -2.28. The van der Waals surface area contributed by atoms with Crippen molar-refractivity contribution in [1.29, 1.82) is 0 Å². The third-order valence-corrected chi connectivity index (χ3v) is 4.91. The van der Waals surface area contributed by atoms with Crippen LogP contribution in [0.2, 0.25) is 0 Å². The molecule has 3 aromatic carbocycles. The number of oxime groups is 1. The Hall–Kier alpha value is -4.48. The average molecular weight is 489 g/mol. The topological polar surface area (TPSA) is 103 Å². The van der Waals surface area contributed by atoms with Gasteiger partial charge in [0.15, 0.2) is 0 Å². The van der Waals surface area contributed by atoms with Crippen molar-refractivity contribution in [2.24, 2.45) is 5.16 Å². The zero-order valence-corrected chi connectivity index (χ0v) is 17.6. The molecule has 1 aliphatic rings. The maximum absolute atomic E-state index is 13.1. The number of benzene rings is 3. The summed E-state index contributed by atoms with van der Waals surface area (Å²) in [5, 5.41) is 17.6. The molecule has 1 atom stereocenters. The van der Waals surface area contributed by atoms with E-state index < -0.39 is 40.2 Å². The van der Waals surface area contributed by atoms with Crippen LogP contribution in [0.5, 0.6) is 11.5 Å². The van der Waals surface area contributed by atoms with Gasteiger partial charge in [-0.15, -0.1) is 0 Å². The molecule has 1 N–H and O–H groups in total. The summed E-state index contributed by atoms with van der Waals surface area (Å²) in [5.41, 5.74) is -0.471. The van der Waals surface area contributed by atoms with E-state index in [1.165, 1.54) is 36.4 Å². The number of alkyl halides is 3. The summed E-state index contributed by atoms with van der Waals surface area (Å²) in [4.78, 5) is 28.4. The fraction of sp³-hybridized carbons (Fsp3) is 0.130. The van der Waals surface area contributed by atoms with Crippen LogP contribution in [0.4, 0.5) is 28.9 Å². The maximum Gasteiger partial charge on any atom is 0.416 e. The summed E-state index contributed by atoms with van der Waals surface area (Å²) in [6.07, 6.45) is -5.58. The highest BCUT2D eigenvalue weighted by Crippen LogP contribution is 2.34. The van der Waals surface area contributed by atoms with E-state index in [-0.39, 0.29) is 23.6 Å². The molecule has 0 bridgehead atoms. The number of rotatable bonds is 6. The van der Waals surface area contributed by atoms with Crippen molar-refractivity contribution in [3.8, 4) is 11.5 Å². The van der Waals surface area contributed by atoms with Gasteiger partial charge in [-0.2, -0.15) is 13.2 Å². The third kappa shape index (κ3) is 5.72. The van der Waals surface area contributed by atoms with Crippen LogP contribution in [0.15, 0.2) is 71.9 Å². The molecule has 4 rings (SSSR count). The Labute approximate surface area is 194 Å². The molecule has 0 spiro atoms. The Morgan fingerprint density at radius 2 is 1.83 bits per heavy atom. The number of halogens is 4. The van der Waals surface area contributed by atoms with Crippen LogP contribution in [0.25, 0.3) is 0 Å². The van der Waals surface area contributed by atoms with Crippen molar-refractivity contribution < 1.29 is 36.9 Å². The molecule has 0 aliphatic carbocycles. The van der Waals surface area contributed by atoms with Crippen molar-refractivity contribution in [2.45, 2.75) is 18.7 Å². The first-order valence-electron chi connectivity index (χ1n) is 10.0. The van der Waals surface area contributed by atoms with Crippen LogP contribution < -0.4 is 10.1 Å². The van der Waals surface area contributed by atoms with Gasteiger partial charge in [0.2, 0.25) is 6.10 Å². The number of carbonyl (C=O) groups excluding carboxylic acids is 1. The quantitative estimate of drug-likeness (QED) is 0.273. The third-order valence-electron chi connectivity index (χ3n) is 4.91. The number of nitrogens with zero attached hydrogens (tertiary/aromatic N) is 2. The Morgan fingerprint density at radius 1 is 1.09 bits per heavy atom. The van der Waals surface area contributed by atoms with Gasteiger partial charge < -0.3 is 14.9 Å². The van der Waals surface area contributed by atoms with Crippen molar-refractivity contribution in [3.05, 3.63) is 93.8 Å². The molecular formula is C23H15F4N3O5. The fourth-order valence-electron chi connectivity index (χ4n) is 3.25. The van der Waals surface area contributed by atoms with E-state index in [0.717, 1.165) is 30.3 Å². The van der Waals surface area contributed by atoms with Gasteiger partial charge >= 0.3 is 6.18 Å². The molecule has 3 aromatic rings. The van der Waals surface area contributed by atoms with Crippen molar-refractivity contribution >= 4 is 23.0 Å². The zero-order valence-electron chi connectivity index (χ0n) is 17.6. The van der Waals surface area contributed by atoms with Crippen molar-refractivity contribution in [1.82, 2.24) is 0 Å². The van der Waals surface area contributed by atoms with Gasteiger partial charge in [0.05, 0.1) is 28.0 Å². The molecule has 12 heteroatoms. The van der Waals surface area contributed by atoms with Crippen LogP contribution in [0, 0.1) is 15.9 Å². The monoisotopic (exact) mass is 489 g/mol. The number of hydrogen-bond acceptors (Lipinski definition) is 6. The van der Waals surface area contributed by atoms with Gasteiger partial charge in [-0.05, 0) is 35.9 Å². The lowest BCUT2D eigenvalue weighted by molar-refractivity contribution is -0.384. The van der Waals surface area contributed by atoms with E-state index in [4.69, 9.17) is 9.57 Å². The zero-order chi connectivity index (χ0) is 25.2. The van der Waals surface area contributed by atoms with Gasteiger partial charge in [0.25, 0.3) is 11.6 Å². The number of nitro groups is 1. The molecule has 1 amide bonds. The molecule has 1 unspecified atom stereocenters. The minimum absolute atomic E-state index is 0.0370. The maximum atomic E-state index is 13.1. The van der Waals surface area contributed by atoms with Crippen LogP contribution in [-0.4, -0.2) is 22.6 Å². The lowest BCUT2D eigenvalue weighted by atomic mass is 10.0. The summed E-state index contributed by atoms with van der Waals surface area (Å²) in [5.74, 6) is -1.47. The SMILES string of the molecule is O=C(Nc1cc(Oc2cccc(C(F)(F)F)c2)cc([N+](=O)[O-])c1)C1CC(c2ccc(F)cc2)=NO1. The number of nitro benzene ring substituents is 1. The smallest absolute Gasteiger partial charge is 0.416 e. The van der Waals surface area contributed by atoms with E-state index in [1.54, 1.807) is 0 Å². The number of anilines is 1. The highest BCUT2D eigenvalue weighted by atomic mass is 19.4. The summed E-state index contributed by atoms with van der Waals surface area (Å²) >= 11 is 0. The van der Waals surface area contributed by atoms with Crippen LogP contribution in [0.1, 0.15) is 17.5 Å². The fourth-order valence-corrected chi connectivity index (χ4v) is 3.25. The summed E-state index contributed by atoms with van der Waals surface area (Å²) in [7, 11) is 0. The number of amides is 1. The molecule has 0 aromatic heterocycles. The average Bonchev–Trinajstić information content (AvgIpc) is 3.29. The van der Waals surface area contributed by atoms with Crippen molar-refractivity contribution in [3.63, 3.8) is 0 Å². The standard InChI is InChI=1S/C23H15F4N3O5/c24-15-6-4-13(5-7-15)20-12-21(35-29-20)22(31)28-16-9-17(30(32)33)11-19(10-16)34-18-3-1-2-14(8-18)23(25,26)27/h1-11,21H,12H2,(H,28,31). The van der Waals surface area contributed by atoms with Crippen molar-refractivity contribution in [2.75, 3.05) is 5.32 Å². The highest BCUT2D eigenvalue weighted by Gasteiger charge is 2.31. The molecule has 35 heavy (non-hydrogen) atoms. The van der Waals surface area contributed by atoms with Gasteiger partial charge in [-0.1, -0.05) is 23.4 Å². The van der Waals surface area contributed by atoms with Crippen LogP contribution in [-0.2, 0) is 15.8 Å². The van der Waals surface area contributed by atoms with E-state index in [9.17, 15) is 32.5 Å². The summed E-state index contributed by atoms with van der Waals surface area (Å²) in [6.45, 7) is 0. The molecule has 0 saturated heterocycles. The minimum atomic E-state index is -4.60. The van der Waals surface area contributed by atoms with E-state index in [1.807, 2.05) is 0 Å².